The standard InChI is InChI=1S/C23H18F3IN5O2P/c1-12-7-14(21-28-9-15-8-16(23(24,25)26)4-5-17(15)30-21)3-6-18(12)31-13(2)11-34-19-10-29-32(35-27)20(19)22(31)33/h3-10,13,35H,11H2,1-2H3. The summed E-state index contributed by atoms with van der Waals surface area (Å²) in [6.45, 7) is 4.13. The number of halogens is 4. The molecule has 2 aromatic heterocycles. The number of hydrogen-bond donors (Lipinski definition) is 0. The number of amides is 1. The molecule has 0 spiro atoms. The van der Waals surface area contributed by atoms with Gasteiger partial charge in [0.05, 0.1) is 29.7 Å². The molecule has 1 aliphatic rings. The summed E-state index contributed by atoms with van der Waals surface area (Å²) in [5, 5.41) is 4.56. The van der Waals surface area contributed by atoms with Crippen LogP contribution in [-0.4, -0.2) is 38.1 Å². The van der Waals surface area contributed by atoms with Crippen molar-refractivity contribution in [2.45, 2.75) is 26.1 Å². The summed E-state index contributed by atoms with van der Waals surface area (Å²) in [6, 6.07) is 8.68. The summed E-state index contributed by atoms with van der Waals surface area (Å²) in [5.74, 6) is 0.669. The molecule has 0 fully saturated rings. The maximum atomic E-state index is 13.5. The Morgan fingerprint density at radius 2 is 1.97 bits per heavy atom. The van der Waals surface area contributed by atoms with Crippen molar-refractivity contribution < 1.29 is 22.7 Å². The number of aryl methyl sites for hydroxylation is 1. The van der Waals surface area contributed by atoms with Crippen LogP contribution in [0, 0.1) is 6.92 Å². The van der Waals surface area contributed by atoms with Gasteiger partial charge in [0.2, 0.25) is 0 Å². The highest BCUT2D eigenvalue weighted by Crippen LogP contribution is 2.36. The van der Waals surface area contributed by atoms with Crippen LogP contribution < -0.4 is 9.64 Å². The van der Waals surface area contributed by atoms with Crippen LogP contribution in [0.2, 0.25) is 0 Å². The highest BCUT2D eigenvalue weighted by atomic mass is 127. The van der Waals surface area contributed by atoms with E-state index in [1.54, 1.807) is 21.6 Å². The minimum atomic E-state index is -4.43. The molecule has 0 aliphatic carbocycles. The van der Waals surface area contributed by atoms with Crippen molar-refractivity contribution in [3.05, 3.63) is 65.6 Å². The zero-order chi connectivity index (χ0) is 24.9. The summed E-state index contributed by atoms with van der Waals surface area (Å²) in [5.41, 5.74) is 2.33. The molecule has 12 heteroatoms. The van der Waals surface area contributed by atoms with E-state index in [4.69, 9.17) is 4.74 Å². The van der Waals surface area contributed by atoms with Crippen LogP contribution in [-0.2, 0) is 6.18 Å². The van der Waals surface area contributed by atoms with E-state index < -0.39 is 11.7 Å². The summed E-state index contributed by atoms with van der Waals surface area (Å²) >= 11 is 2.17. The number of rotatable bonds is 3. The van der Waals surface area contributed by atoms with Gasteiger partial charge in [-0.2, -0.15) is 18.3 Å². The van der Waals surface area contributed by atoms with Gasteiger partial charge >= 0.3 is 6.18 Å². The molecule has 35 heavy (non-hydrogen) atoms. The third-order valence-corrected chi connectivity index (χ3v) is 7.65. The summed E-state index contributed by atoms with van der Waals surface area (Å²) in [7, 11) is 0. The van der Waals surface area contributed by atoms with E-state index >= 15 is 0 Å². The zero-order valence-corrected chi connectivity index (χ0v) is 21.6. The lowest BCUT2D eigenvalue weighted by Gasteiger charge is -2.28. The number of hydrogen-bond acceptors (Lipinski definition) is 5. The highest BCUT2D eigenvalue weighted by molar-refractivity contribution is 14.2. The van der Waals surface area contributed by atoms with Gasteiger partial charge in [-0.3, -0.25) is 4.79 Å². The number of carbonyl (C=O) groups is 1. The predicted octanol–water partition coefficient (Wildman–Crippen LogP) is 6.04. The molecule has 180 valence electrons. The van der Waals surface area contributed by atoms with Gasteiger partial charge in [-0.05, 0) is 77.9 Å². The van der Waals surface area contributed by atoms with Crippen LogP contribution in [0.3, 0.4) is 0 Å². The summed E-state index contributed by atoms with van der Waals surface area (Å²) < 4.78 is 46.5. The molecule has 4 aromatic rings. The quantitative estimate of drug-likeness (QED) is 0.209. The van der Waals surface area contributed by atoms with Gasteiger partial charge in [0, 0.05) is 22.8 Å². The zero-order valence-electron chi connectivity index (χ0n) is 18.5. The molecule has 0 radical (unpaired) electrons. The van der Waals surface area contributed by atoms with E-state index in [1.165, 1.54) is 12.3 Å². The monoisotopic (exact) mass is 611 g/mol. The summed E-state index contributed by atoms with van der Waals surface area (Å²) in [4.78, 5) is 24.0. The highest BCUT2D eigenvalue weighted by Gasteiger charge is 2.34. The minimum Gasteiger partial charge on any atom is -0.487 e. The van der Waals surface area contributed by atoms with Gasteiger partial charge in [-0.25, -0.2) is 14.4 Å². The first-order chi connectivity index (χ1) is 16.7. The average Bonchev–Trinajstić information content (AvgIpc) is 3.20. The van der Waals surface area contributed by atoms with Crippen molar-refractivity contribution in [3.63, 3.8) is 0 Å². The predicted molar refractivity (Wildman–Crippen MR) is 136 cm³/mol. The van der Waals surface area contributed by atoms with E-state index in [0.717, 1.165) is 23.4 Å². The topological polar surface area (TPSA) is 73.1 Å². The lowest BCUT2D eigenvalue weighted by molar-refractivity contribution is -0.137. The first kappa shape index (κ1) is 23.9. The van der Waals surface area contributed by atoms with Crippen LogP contribution in [0.1, 0.15) is 28.5 Å². The second-order valence-corrected chi connectivity index (χ2v) is 10.2. The smallest absolute Gasteiger partial charge is 0.416 e. The second kappa shape index (κ2) is 9.02. The fourth-order valence-corrected chi connectivity index (χ4v) is 5.55. The molecule has 0 saturated carbocycles. The Morgan fingerprint density at radius 1 is 1.17 bits per heavy atom. The SMILES string of the molecule is Cc1cc(-c2ncc3cc(C(F)(F)F)ccc3n2)ccc1N1C(=O)c2c(cnn2PI)OCC1C. The van der Waals surface area contributed by atoms with E-state index in [9.17, 15) is 18.0 Å². The molecule has 0 N–H and O–H groups in total. The number of anilines is 1. The van der Waals surface area contributed by atoms with Crippen molar-refractivity contribution in [2.24, 2.45) is 0 Å². The van der Waals surface area contributed by atoms with Gasteiger partial charge in [-0.15, -0.1) is 0 Å². The van der Waals surface area contributed by atoms with E-state index in [2.05, 4.69) is 37.1 Å². The maximum Gasteiger partial charge on any atom is 0.416 e. The molecular weight excluding hydrogens is 593 g/mol. The normalized spacial score (nSPS) is 16.6. The number of ether oxygens (including phenoxy) is 1. The van der Waals surface area contributed by atoms with Crippen LogP contribution in [0.4, 0.5) is 18.9 Å². The van der Waals surface area contributed by atoms with Gasteiger partial charge in [0.15, 0.2) is 17.3 Å². The minimum absolute atomic E-state index is 0.190. The molecule has 2 aromatic carbocycles. The van der Waals surface area contributed by atoms with Crippen LogP contribution in [0.5, 0.6) is 5.75 Å². The lowest BCUT2D eigenvalue weighted by Crippen LogP contribution is -2.41. The fourth-order valence-electron chi connectivity index (χ4n) is 4.06. The van der Waals surface area contributed by atoms with E-state index in [0.29, 0.717) is 40.3 Å². The van der Waals surface area contributed by atoms with Crippen molar-refractivity contribution in [3.8, 4) is 17.1 Å². The molecule has 3 heterocycles. The number of carbonyl (C=O) groups excluding carboxylic acids is 1. The Hall–Kier alpha value is -2.79. The van der Waals surface area contributed by atoms with E-state index in [1.807, 2.05) is 26.0 Å². The van der Waals surface area contributed by atoms with Crippen LogP contribution in [0.25, 0.3) is 22.3 Å². The molecule has 7 nitrogen and oxygen atoms in total. The Kier molecular flexibility index (Phi) is 6.16. The van der Waals surface area contributed by atoms with Crippen molar-refractivity contribution in [1.82, 2.24) is 19.5 Å². The second-order valence-electron chi connectivity index (χ2n) is 8.16. The molecule has 2 atom stereocenters. The van der Waals surface area contributed by atoms with Crippen molar-refractivity contribution in [2.75, 3.05) is 11.5 Å². The fraction of sp³-hybridized carbons (Fsp3) is 0.217. The molecule has 0 saturated heterocycles. The Balaban J connectivity index is 1.50. The van der Waals surface area contributed by atoms with Gasteiger partial charge < -0.3 is 9.64 Å². The van der Waals surface area contributed by atoms with Gasteiger partial charge in [-0.1, -0.05) is 0 Å². The number of aromatic nitrogens is 4. The third kappa shape index (κ3) is 4.35. The Bertz CT molecular complexity index is 1460. The molecule has 1 amide bonds. The Morgan fingerprint density at radius 3 is 2.69 bits per heavy atom. The van der Waals surface area contributed by atoms with Crippen molar-refractivity contribution >= 4 is 50.9 Å². The average molecular weight is 611 g/mol. The maximum absolute atomic E-state index is 13.5. The van der Waals surface area contributed by atoms with E-state index in [-0.39, 0.29) is 18.3 Å². The molecule has 1 aliphatic heterocycles. The Labute approximate surface area is 213 Å². The van der Waals surface area contributed by atoms with Crippen LogP contribution in [0.15, 0.2) is 48.8 Å². The first-order valence-corrected chi connectivity index (χ1v) is 14.6. The van der Waals surface area contributed by atoms with Gasteiger partial charge in [0.1, 0.15) is 6.61 Å². The number of alkyl halides is 3. The third-order valence-electron chi connectivity index (χ3n) is 5.78. The molecule has 0 bridgehead atoms. The lowest BCUT2D eigenvalue weighted by atomic mass is 10.1. The molecule has 5 rings (SSSR count). The van der Waals surface area contributed by atoms with Crippen LogP contribution >= 0.6 is 28.4 Å². The summed E-state index contributed by atoms with van der Waals surface area (Å²) in [6.07, 6.45) is -1.22. The number of fused-ring (bicyclic) bond motifs is 2. The number of nitrogens with zero attached hydrogens (tertiary/aromatic N) is 5. The van der Waals surface area contributed by atoms with Crippen molar-refractivity contribution in [1.29, 1.82) is 0 Å². The molecular formula is C23H18F3IN5O2P. The largest absolute Gasteiger partial charge is 0.487 e. The molecule has 2 unspecified atom stereocenters. The first-order valence-electron chi connectivity index (χ1n) is 10.5. The van der Waals surface area contributed by atoms with Gasteiger partial charge in [0.25, 0.3) is 5.91 Å². The number of benzene rings is 2.